The minimum Gasteiger partial charge on any atom is -0.441 e. The Bertz CT molecular complexity index is 462. The molecule has 0 bridgehead atoms. The summed E-state index contributed by atoms with van der Waals surface area (Å²) in [7, 11) is 0. The Labute approximate surface area is 81.8 Å². The van der Waals surface area contributed by atoms with Crippen molar-refractivity contribution in [1.82, 2.24) is 9.97 Å². The second kappa shape index (κ2) is 3.14. The van der Waals surface area contributed by atoms with Crippen molar-refractivity contribution in [3.8, 4) is 11.3 Å². The van der Waals surface area contributed by atoms with E-state index in [9.17, 15) is 0 Å². The monoisotopic (exact) mass is 189 g/mol. The van der Waals surface area contributed by atoms with E-state index < -0.39 is 0 Å². The largest absolute Gasteiger partial charge is 0.441 e. The second-order valence-corrected chi connectivity index (χ2v) is 3.15. The number of hydrogen-bond acceptors (Lipinski definition) is 4. The summed E-state index contributed by atoms with van der Waals surface area (Å²) < 4.78 is 5.45. The number of nitrogens with two attached hydrogens (primary N) is 1. The molecular weight excluding hydrogens is 178 g/mol. The number of anilines is 1. The van der Waals surface area contributed by atoms with Crippen molar-refractivity contribution in [3.63, 3.8) is 0 Å². The van der Waals surface area contributed by atoms with Crippen molar-refractivity contribution in [2.45, 2.75) is 13.8 Å². The van der Waals surface area contributed by atoms with Gasteiger partial charge in [-0.15, -0.1) is 0 Å². The standard InChI is InChI=1S/C10H11N3O/c1-6-10(14-7(2)13-6)8-3-9(11)5-12-4-8/h3-5H,11H2,1-2H3. The van der Waals surface area contributed by atoms with E-state index in [1.165, 1.54) is 0 Å². The van der Waals surface area contributed by atoms with Crippen LogP contribution in [-0.4, -0.2) is 9.97 Å². The Morgan fingerprint density at radius 1 is 1.29 bits per heavy atom. The molecule has 2 aromatic rings. The fourth-order valence-corrected chi connectivity index (χ4v) is 1.38. The lowest BCUT2D eigenvalue weighted by atomic mass is 10.2. The molecule has 2 N–H and O–H groups in total. The second-order valence-electron chi connectivity index (χ2n) is 3.15. The van der Waals surface area contributed by atoms with E-state index in [1.807, 2.05) is 19.9 Å². The lowest BCUT2D eigenvalue weighted by Crippen LogP contribution is -1.87. The molecule has 0 aliphatic carbocycles. The molecule has 0 aliphatic heterocycles. The molecule has 0 amide bonds. The zero-order valence-electron chi connectivity index (χ0n) is 8.11. The first-order valence-corrected chi connectivity index (χ1v) is 4.32. The molecule has 0 atom stereocenters. The highest BCUT2D eigenvalue weighted by Crippen LogP contribution is 2.24. The number of aryl methyl sites for hydroxylation is 2. The molecule has 2 rings (SSSR count). The van der Waals surface area contributed by atoms with Gasteiger partial charge in [-0.25, -0.2) is 4.98 Å². The summed E-state index contributed by atoms with van der Waals surface area (Å²) in [5.74, 6) is 1.39. The van der Waals surface area contributed by atoms with Crippen LogP contribution in [0.25, 0.3) is 11.3 Å². The van der Waals surface area contributed by atoms with Crippen LogP contribution in [0.3, 0.4) is 0 Å². The molecule has 2 heterocycles. The first kappa shape index (κ1) is 8.74. The average Bonchev–Trinajstić information content (AvgIpc) is 2.45. The van der Waals surface area contributed by atoms with Crippen LogP contribution in [0.5, 0.6) is 0 Å². The molecule has 0 saturated heterocycles. The predicted octanol–water partition coefficient (Wildman–Crippen LogP) is 1.94. The Balaban J connectivity index is 2.54. The van der Waals surface area contributed by atoms with Gasteiger partial charge in [0.1, 0.15) is 0 Å². The Kier molecular flexibility index (Phi) is 1.96. The summed E-state index contributed by atoms with van der Waals surface area (Å²) in [6.45, 7) is 3.71. The van der Waals surface area contributed by atoms with Crippen molar-refractivity contribution in [2.24, 2.45) is 0 Å². The lowest BCUT2D eigenvalue weighted by molar-refractivity contribution is 0.534. The highest BCUT2D eigenvalue weighted by Gasteiger charge is 2.09. The summed E-state index contributed by atoms with van der Waals surface area (Å²) in [5.41, 5.74) is 7.97. The zero-order valence-corrected chi connectivity index (χ0v) is 8.11. The Morgan fingerprint density at radius 2 is 2.07 bits per heavy atom. The van der Waals surface area contributed by atoms with Crippen molar-refractivity contribution in [2.75, 3.05) is 5.73 Å². The van der Waals surface area contributed by atoms with E-state index in [1.54, 1.807) is 12.4 Å². The third kappa shape index (κ3) is 1.46. The van der Waals surface area contributed by atoms with Crippen LogP contribution in [-0.2, 0) is 0 Å². The highest BCUT2D eigenvalue weighted by molar-refractivity contribution is 5.62. The number of nitrogens with zero attached hydrogens (tertiary/aromatic N) is 2. The Hall–Kier alpha value is -1.84. The van der Waals surface area contributed by atoms with Crippen LogP contribution in [0.1, 0.15) is 11.6 Å². The van der Waals surface area contributed by atoms with Crippen molar-refractivity contribution in [3.05, 3.63) is 30.0 Å². The molecule has 0 saturated carbocycles. The van der Waals surface area contributed by atoms with E-state index in [2.05, 4.69) is 9.97 Å². The average molecular weight is 189 g/mol. The maximum Gasteiger partial charge on any atom is 0.192 e. The maximum absolute atomic E-state index is 5.63. The fraction of sp³-hybridized carbons (Fsp3) is 0.200. The third-order valence-electron chi connectivity index (χ3n) is 1.93. The maximum atomic E-state index is 5.63. The van der Waals surface area contributed by atoms with Gasteiger partial charge in [0.2, 0.25) is 0 Å². The van der Waals surface area contributed by atoms with E-state index in [-0.39, 0.29) is 0 Å². The molecule has 0 spiro atoms. The van der Waals surface area contributed by atoms with Crippen molar-refractivity contribution >= 4 is 5.69 Å². The molecule has 0 aromatic carbocycles. The topological polar surface area (TPSA) is 64.9 Å². The molecule has 0 unspecified atom stereocenters. The normalized spacial score (nSPS) is 10.4. The van der Waals surface area contributed by atoms with E-state index in [4.69, 9.17) is 10.2 Å². The van der Waals surface area contributed by atoms with Crippen LogP contribution in [0.2, 0.25) is 0 Å². The summed E-state index contributed by atoms with van der Waals surface area (Å²) in [4.78, 5) is 8.18. The van der Waals surface area contributed by atoms with Gasteiger partial charge < -0.3 is 10.2 Å². The van der Waals surface area contributed by atoms with Gasteiger partial charge in [-0.1, -0.05) is 0 Å². The van der Waals surface area contributed by atoms with Gasteiger partial charge in [0, 0.05) is 24.9 Å². The SMILES string of the molecule is Cc1nc(C)c(-c2cncc(N)c2)o1. The van der Waals surface area contributed by atoms with Crippen LogP contribution in [0.15, 0.2) is 22.9 Å². The molecule has 72 valence electrons. The van der Waals surface area contributed by atoms with Crippen LogP contribution in [0.4, 0.5) is 5.69 Å². The van der Waals surface area contributed by atoms with E-state index in [0.717, 1.165) is 17.0 Å². The molecule has 4 heteroatoms. The number of pyridine rings is 1. The van der Waals surface area contributed by atoms with Gasteiger partial charge in [-0.3, -0.25) is 4.98 Å². The first-order valence-electron chi connectivity index (χ1n) is 4.32. The van der Waals surface area contributed by atoms with Crippen molar-refractivity contribution < 1.29 is 4.42 Å². The van der Waals surface area contributed by atoms with Crippen LogP contribution >= 0.6 is 0 Å². The number of oxazole rings is 1. The van der Waals surface area contributed by atoms with Gasteiger partial charge in [-0.05, 0) is 13.0 Å². The minimum atomic E-state index is 0.621. The number of aromatic nitrogens is 2. The number of rotatable bonds is 1. The molecule has 14 heavy (non-hydrogen) atoms. The number of hydrogen-bond donors (Lipinski definition) is 1. The molecular formula is C10H11N3O. The van der Waals surface area contributed by atoms with Gasteiger partial charge >= 0.3 is 0 Å². The summed E-state index contributed by atoms with van der Waals surface area (Å²) in [6.07, 6.45) is 3.31. The molecule has 0 aliphatic rings. The van der Waals surface area contributed by atoms with E-state index >= 15 is 0 Å². The molecule has 4 nitrogen and oxygen atoms in total. The first-order chi connectivity index (χ1) is 6.66. The molecule has 2 aromatic heterocycles. The predicted molar refractivity (Wildman–Crippen MR) is 53.6 cm³/mol. The summed E-state index contributed by atoms with van der Waals surface area (Å²) in [6, 6.07) is 1.82. The van der Waals surface area contributed by atoms with Crippen LogP contribution in [0, 0.1) is 13.8 Å². The van der Waals surface area contributed by atoms with Crippen LogP contribution < -0.4 is 5.73 Å². The zero-order chi connectivity index (χ0) is 10.1. The molecule has 0 radical (unpaired) electrons. The fourth-order valence-electron chi connectivity index (χ4n) is 1.38. The third-order valence-corrected chi connectivity index (χ3v) is 1.93. The quantitative estimate of drug-likeness (QED) is 0.744. The molecule has 0 fully saturated rings. The highest BCUT2D eigenvalue weighted by atomic mass is 16.4. The van der Waals surface area contributed by atoms with Gasteiger partial charge in [0.05, 0.1) is 11.4 Å². The lowest BCUT2D eigenvalue weighted by Gasteiger charge is -1.97. The van der Waals surface area contributed by atoms with Gasteiger partial charge in [0.15, 0.2) is 11.7 Å². The smallest absolute Gasteiger partial charge is 0.192 e. The summed E-state index contributed by atoms with van der Waals surface area (Å²) in [5, 5.41) is 0. The van der Waals surface area contributed by atoms with E-state index in [0.29, 0.717) is 11.6 Å². The van der Waals surface area contributed by atoms with Gasteiger partial charge in [0.25, 0.3) is 0 Å². The minimum absolute atomic E-state index is 0.621. The van der Waals surface area contributed by atoms with Crippen molar-refractivity contribution in [1.29, 1.82) is 0 Å². The number of nitrogen functional groups attached to an aromatic ring is 1. The Morgan fingerprint density at radius 3 is 2.64 bits per heavy atom. The van der Waals surface area contributed by atoms with Gasteiger partial charge in [-0.2, -0.15) is 0 Å². The summed E-state index contributed by atoms with van der Waals surface area (Å²) >= 11 is 0.